The first-order chi connectivity index (χ1) is 8.74. The van der Waals surface area contributed by atoms with Crippen molar-refractivity contribution in [2.75, 3.05) is 26.7 Å². The lowest BCUT2D eigenvalue weighted by molar-refractivity contribution is 0.131. The number of halogens is 1. The predicted octanol–water partition coefficient (Wildman–Crippen LogP) is 2.86. The molecule has 2 N–H and O–H groups in total. The van der Waals surface area contributed by atoms with E-state index in [2.05, 4.69) is 22.8 Å². The van der Waals surface area contributed by atoms with Gasteiger partial charge < -0.3 is 10.6 Å². The van der Waals surface area contributed by atoms with Crippen molar-refractivity contribution < 1.29 is 0 Å². The summed E-state index contributed by atoms with van der Waals surface area (Å²) >= 11 is 5.87. The Bertz CT molecular complexity index is 357. The van der Waals surface area contributed by atoms with Gasteiger partial charge in [0.1, 0.15) is 0 Å². The molecule has 100 valence electrons. The Morgan fingerprint density at radius 3 is 2.44 bits per heavy atom. The molecule has 0 spiro atoms. The maximum absolute atomic E-state index is 5.87. The minimum absolute atomic E-state index is 0.523. The molecule has 0 unspecified atom stereocenters. The summed E-state index contributed by atoms with van der Waals surface area (Å²) in [6.07, 6.45) is 5.19. The quantitative estimate of drug-likeness (QED) is 0.742. The Morgan fingerprint density at radius 2 is 1.89 bits per heavy atom. The average Bonchev–Trinajstić information content (AvgIpc) is 2.33. The van der Waals surface area contributed by atoms with Crippen molar-refractivity contribution in [1.82, 2.24) is 10.6 Å². The zero-order chi connectivity index (χ0) is 12.8. The van der Waals surface area contributed by atoms with Crippen molar-refractivity contribution in [2.24, 2.45) is 5.41 Å². The van der Waals surface area contributed by atoms with E-state index in [1.807, 2.05) is 19.2 Å². The fourth-order valence-electron chi connectivity index (χ4n) is 2.71. The molecule has 1 saturated carbocycles. The van der Waals surface area contributed by atoms with Crippen LogP contribution in [0, 0.1) is 5.41 Å². The van der Waals surface area contributed by atoms with Gasteiger partial charge in [0, 0.05) is 18.1 Å². The highest BCUT2D eigenvalue weighted by molar-refractivity contribution is 6.30. The summed E-state index contributed by atoms with van der Waals surface area (Å²) in [4.78, 5) is 0. The first-order valence-electron chi connectivity index (χ1n) is 6.84. The first kappa shape index (κ1) is 13.9. The zero-order valence-electron chi connectivity index (χ0n) is 11.1. The van der Waals surface area contributed by atoms with Crippen molar-refractivity contribution in [1.29, 1.82) is 0 Å². The molecule has 2 nitrogen and oxygen atoms in total. The normalized spacial score (nSPS) is 17.4. The van der Waals surface area contributed by atoms with Crippen molar-refractivity contribution in [2.45, 2.75) is 25.7 Å². The summed E-state index contributed by atoms with van der Waals surface area (Å²) in [5.74, 6) is 0. The van der Waals surface area contributed by atoms with Crippen molar-refractivity contribution in [3.63, 3.8) is 0 Å². The van der Waals surface area contributed by atoms with Gasteiger partial charge in [0.05, 0.1) is 0 Å². The molecule has 0 radical (unpaired) electrons. The van der Waals surface area contributed by atoms with Crippen LogP contribution in [0.3, 0.4) is 0 Å². The molecule has 0 atom stereocenters. The summed E-state index contributed by atoms with van der Waals surface area (Å²) in [7, 11) is 2.05. The Balaban J connectivity index is 1.68. The lowest BCUT2D eigenvalue weighted by atomic mass is 9.68. The van der Waals surface area contributed by atoms with E-state index in [4.69, 9.17) is 11.6 Å². The van der Waals surface area contributed by atoms with Crippen LogP contribution in [0.25, 0.3) is 0 Å². The van der Waals surface area contributed by atoms with Crippen LogP contribution in [0.1, 0.15) is 24.8 Å². The monoisotopic (exact) mass is 266 g/mol. The SMILES string of the molecule is CNCC1(CNCCc2ccc(Cl)cc2)CCC1. The second-order valence-electron chi connectivity index (χ2n) is 5.44. The van der Waals surface area contributed by atoms with E-state index < -0.39 is 0 Å². The first-order valence-corrected chi connectivity index (χ1v) is 7.22. The summed E-state index contributed by atoms with van der Waals surface area (Å²) in [5.41, 5.74) is 1.87. The second-order valence-corrected chi connectivity index (χ2v) is 5.87. The smallest absolute Gasteiger partial charge is 0.0406 e. The van der Waals surface area contributed by atoms with Crippen molar-refractivity contribution in [3.8, 4) is 0 Å². The van der Waals surface area contributed by atoms with E-state index in [0.29, 0.717) is 5.41 Å². The van der Waals surface area contributed by atoms with Crippen LogP contribution in [0.2, 0.25) is 5.02 Å². The highest BCUT2D eigenvalue weighted by atomic mass is 35.5. The topological polar surface area (TPSA) is 24.1 Å². The van der Waals surface area contributed by atoms with Gasteiger partial charge in [-0.2, -0.15) is 0 Å². The molecular formula is C15H23ClN2. The van der Waals surface area contributed by atoms with E-state index >= 15 is 0 Å². The fourth-order valence-corrected chi connectivity index (χ4v) is 2.83. The molecule has 0 aromatic heterocycles. The van der Waals surface area contributed by atoms with Gasteiger partial charge in [-0.3, -0.25) is 0 Å². The third kappa shape index (κ3) is 3.71. The Hall–Kier alpha value is -0.570. The third-order valence-electron chi connectivity index (χ3n) is 3.97. The molecule has 2 rings (SSSR count). The van der Waals surface area contributed by atoms with Gasteiger partial charge in [0.15, 0.2) is 0 Å². The van der Waals surface area contributed by atoms with E-state index in [0.717, 1.165) is 31.1 Å². The molecule has 0 heterocycles. The fraction of sp³-hybridized carbons (Fsp3) is 0.600. The molecule has 1 fully saturated rings. The van der Waals surface area contributed by atoms with Crippen molar-refractivity contribution >= 4 is 11.6 Å². The van der Waals surface area contributed by atoms with Crippen LogP contribution in [0.15, 0.2) is 24.3 Å². The Kier molecular flexibility index (Phi) is 5.04. The highest BCUT2D eigenvalue weighted by Crippen LogP contribution is 2.39. The number of benzene rings is 1. The van der Waals surface area contributed by atoms with Crippen LogP contribution in [0.4, 0.5) is 0 Å². The maximum Gasteiger partial charge on any atom is 0.0406 e. The second kappa shape index (κ2) is 6.55. The van der Waals surface area contributed by atoms with Crippen LogP contribution < -0.4 is 10.6 Å². The van der Waals surface area contributed by atoms with E-state index in [1.165, 1.54) is 24.8 Å². The van der Waals surface area contributed by atoms with Gasteiger partial charge >= 0.3 is 0 Å². The molecule has 0 aliphatic heterocycles. The molecule has 1 aromatic rings. The molecule has 1 aliphatic carbocycles. The third-order valence-corrected chi connectivity index (χ3v) is 4.22. The summed E-state index contributed by atoms with van der Waals surface area (Å²) in [5, 5.41) is 7.74. The Labute approximate surface area is 115 Å². The minimum Gasteiger partial charge on any atom is -0.319 e. The molecule has 3 heteroatoms. The van der Waals surface area contributed by atoms with Crippen LogP contribution in [0.5, 0.6) is 0 Å². The van der Waals surface area contributed by atoms with Crippen LogP contribution >= 0.6 is 11.6 Å². The standard InChI is InChI=1S/C15H23ClN2/c1-17-11-15(8-2-9-15)12-18-10-7-13-3-5-14(16)6-4-13/h3-6,17-18H,2,7-12H2,1H3. The van der Waals surface area contributed by atoms with E-state index in [9.17, 15) is 0 Å². The van der Waals surface area contributed by atoms with Gasteiger partial charge in [0.2, 0.25) is 0 Å². The van der Waals surface area contributed by atoms with E-state index in [1.54, 1.807) is 0 Å². The maximum atomic E-state index is 5.87. The molecule has 0 bridgehead atoms. The molecule has 0 amide bonds. The molecule has 1 aliphatic rings. The van der Waals surface area contributed by atoms with Gasteiger partial charge in [-0.1, -0.05) is 30.2 Å². The molecule has 18 heavy (non-hydrogen) atoms. The molecular weight excluding hydrogens is 244 g/mol. The number of rotatable bonds is 7. The van der Waals surface area contributed by atoms with Gasteiger partial charge in [-0.05, 0) is 56.0 Å². The zero-order valence-corrected chi connectivity index (χ0v) is 11.9. The number of hydrogen-bond donors (Lipinski definition) is 2. The van der Waals surface area contributed by atoms with Gasteiger partial charge in [0.25, 0.3) is 0 Å². The predicted molar refractivity (Wildman–Crippen MR) is 78.2 cm³/mol. The Morgan fingerprint density at radius 1 is 1.17 bits per heavy atom. The van der Waals surface area contributed by atoms with Crippen molar-refractivity contribution in [3.05, 3.63) is 34.9 Å². The average molecular weight is 267 g/mol. The molecule has 1 aromatic carbocycles. The highest BCUT2D eigenvalue weighted by Gasteiger charge is 2.35. The van der Waals surface area contributed by atoms with Crippen LogP contribution in [-0.2, 0) is 6.42 Å². The van der Waals surface area contributed by atoms with Gasteiger partial charge in [-0.15, -0.1) is 0 Å². The lowest BCUT2D eigenvalue weighted by Gasteiger charge is -2.42. The van der Waals surface area contributed by atoms with E-state index in [-0.39, 0.29) is 0 Å². The summed E-state index contributed by atoms with van der Waals surface area (Å²) < 4.78 is 0. The number of nitrogens with one attached hydrogen (secondary N) is 2. The minimum atomic E-state index is 0.523. The van der Waals surface area contributed by atoms with Gasteiger partial charge in [-0.25, -0.2) is 0 Å². The lowest BCUT2D eigenvalue weighted by Crippen LogP contribution is -2.46. The summed E-state index contributed by atoms with van der Waals surface area (Å²) in [6, 6.07) is 8.14. The largest absolute Gasteiger partial charge is 0.319 e. The number of hydrogen-bond acceptors (Lipinski definition) is 2. The molecule has 0 saturated heterocycles. The summed E-state index contributed by atoms with van der Waals surface area (Å²) in [6.45, 7) is 3.33. The van der Waals surface area contributed by atoms with Crippen LogP contribution in [-0.4, -0.2) is 26.7 Å².